The number of aromatic nitrogens is 2. The lowest BCUT2D eigenvalue weighted by Crippen LogP contribution is -2.26. The SMILES string of the molecule is COCc1cc(C(=O)N(C)c2ccc(F)c(OC)c2)cn2ccnc12. The number of methoxy groups -OCH3 is 2. The summed E-state index contributed by atoms with van der Waals surface area (Å²) in [5.74, 6) is -0.627. The second kappa shape index (κ2) is 6.90. The quantitative estimate of drug-likeness (QED) is 0.715. The standard InChI is InChI=1S/C18H18FN3O3/c1-21(14-4-5-15(19)16(9-14)25-3)18(23)12-8-13(11-24-2)17-20-6-7-22(17)10-12/h4-10H,11H2,1-3H3. The van der Waals surface area contributed by atoms with Crippen molar-refractivity contribution in [1.29, 1.82) is 0 Å². The Kier molecular flexibility index (Phi) is 4.67. The summed E-state index contributed by atoms with van der Waals surface area (Å²) >= 11 is 0. The van der Waals surface area contributed by atoms with Crippen molar-refractivity contribution in [1.82, 2.24) is 9.38 Å². The Morgan fingerprint density at radius 3 is 2.84 bits per heavy atom. The number of fused-ring (bicyclic) bond motifs is 1. The van der Waals surface area contributed by atoms with Gasteiger partial charge in [0.15, 0.2) is 11.6 Å². The number of nitrogens with zero attached hydrogens (tertiary/aromatic N) is 3. The highest BCUT2D eigenvalue weighted by atomic mass is 19.1. The van der Waals surface area contributed by atoms with Crippen LogP contribution in [0.2, 0.25) is 0 Å². The minimum absolute atomic E-state index is 0.0854. The predicted molar refractivity (Wildman–Crippen MR) is 91.6 cm³/mol. The minimum Gasteiger partial charge on any atom is -0.494 e. The van der Waals surface area contributed by atoms with Crippen LogP contribution < -0.4 is 9.64 Å². The first kappa shape index (κ1) is 16.9. The predicted octanol–water partition coefficient (Wildman–Crippen LogP) is 2.91. The second-order valence-electron chi connectivity index (χ2n) is 5.53. The number of hydrogen-bond donors (Lipinski definition) is 0. The average molecular weight is 343 g/mol. The van der Waals surface area contributed by atoms with Gasteiger partial charge >= 0.3 is 0 Å². The van der Waals surface area contributed by atoms with Crippen LogP contribution >= 0.6 is 0 Å². The summed E-state index contributed by atoms with van der Waals surface area (Å²) < 4.78 is 25.5. The Labute approximate surface area is 144 Å². The smallest absolute Gasteiger partial charge is 0.259 e. The van der Waals surface area contributed by atoms with E-state index in [2.05, 4.69) is 4.98 Å². The number of rotatable bonds is 5. The molecule has 6 nitrogen and oxygen atoms in total. The highest BCUT2D eigenvalue weighted by Crippen LogP contribution is 2.25. The number of ether oxygens (including phenoxy) is 2. The van der Waals surface area contributed by atoms with E-state index in [0.717, 1.165) is 11.2 Å². The maximum atomic E-state index is 13.6. The van der Waals surface area contributed by atoms with E-state index in [1.807, 2.05) is 0 Å². The van der Waals surface area contributed by atoms with Crippen molar-refractivity contribution in [3.8, 4) is 5.75 Å². The van der Waals surface area contributed by atoms with Gasteiger partial charge in [0.1, 0.15) is 5.65 Å². The molecule has 0 saturated carbocycles. The van der Waals surface area contributed by atoms with E-state index >= 15 is 0 Å². The molecule has 1 amide bonds. The third kappa shape index (κ3) is 3.18. The number of halogens is 1. The molecule has 0 atom stereocenters. The molecule has 0 aliphatic rings. The van der Waals surface area contributed by atoms with E-state index < -0.39 is 5.82 Å². The normalized spacial score (nSPS) is 10.9. The summed E-state index contributed by atoms with van der Waals surface area (Å²) in [6.45, 7) is 0.343. The summed E-state index contributed by atoms with van der Waals surface area (Å²) in [5, 5.41) is 0. The molecule has 2 heterocycles. The molecule has 0 fully saturated rings. The molecule has 3 rings (SSSR count). The number of imidazole rings is 1. The number of amides is 1. The fourth-order valence-corrected chi connectivity index (χ4v) is 2.65. The first-order valence-electron chi connectivity index (χ1n) is 7.61. The van der Waals surface area contributed by atoms with Crippen molar-refractivity contribution < 1.29 is 18.7 Å². The number of carbonyl (C=O) groups excluding carboxylic acids is 1. The lowest BCUT2D eigenvalue weighted by Gasteiger charge is -2.19. The number of anilines is 1. The van der Waals surface area contributed by atoms with Gasteiger partial charge in [0.05, 0.1) is 19.3 Å². The number of pyridine rings is 1. The van der Waals surface area contributed by atoms with Crippen LogP contribution in [0.15, 0.2) is 42.9 Å². The molecule has 0 unspecified atom stereocenters. The summed E-state index contributed by atoms with van der Waals surface area (Å²) in [4.78, 5) is 18.6. The molecule has 7 heteroatoms. The van der Waals surface area contributed by atoms with Gasteiger partial charge in [0.2, 0.25) is 0 Å². The van der Waals surface area contributed by atoms with Crippen LogP contribution in [0, 0.1) is 5.82 Å². The lowest BCUT2D eigenvalue weighted by molar-refractivity contribution is 0.0992. The van der Waals surface area contributed by atoms with Crippen LogP contribution in [-0.2, 0) is 11.3 Å². The fourth-order valence-electron chi connectivity index (χ4n) is 2.65. The van der Waals surface area contributed by atoms with Gasteiger partial charge in [-0.25, -0.2) is 9.37 Å². The monoisotopic (exact) mass is 343 g/mol. The molecule has 0 aliphatic carbocycles. The van der Waals surface area contributed by atoms with Crippen molar-refractivity contribution in [3.63, 3.8) is 0 Å². The minimum atomic E-state index is -0.477. The zero-order valence-electron chi connectivity index (χ0n) is 14.2. The number of hydrogen-bond acceptors (Lipinski definition) is 4. The summed E-state index contributed by atoms with van der Waals surface area (Å²) in [6.07, 6.45) is 5.14. The molecule has 130 valence electrons. The maximum absolute atomic E-state index is 13.6. The maximum Gasteiger partial charge on any atom is 0.259 e. The van der Waals surface area contributed by atoms with Gasteiger partial charge in [0.25, 0.3) is 5.91 Å². The van der Waals surface area contributed by atoms with Gasteiger partial charge < -0.3 is 18.8 Å². The second-order valence-corrected chi connectivity index (χ2v) is 5.53. The highest BCUT2D eigenvalue weighted by Gasteiger charge is 2.18. The van der Waals surface area contributed by atoms with Crippen molar-refractivity contribution in [2.24, 2.45) is 0 Å². The Balaban J connectivity index is 1.98. The largest absolute Gasteiger partial charge is 0.494 e. The van der Waals surface area contributed by atoms with Gasteiger partial charge in [-0.2, -0.15) is 0 Å². The van der Waals surface area contributed by atoms with Crippen molar-refractivity contribution in [2.45, 2.75) is 6.61 Å². The van der Waals surface area contributed by atoms with Crippen molar-refractivity contribution in [3.05, 3.63) is 59.8 Å². The highest BCUT2D eigenvalue weighted by molar-refractivity contribution is 6.06. The third-order valence-electron chi connectivity index (χ3n) is 3.94. The fraction of sp³-hybridized carbons (Fsp3) is 0.222. The molecule has 2 aromatic heterocycles. The van der Waals surface area contributed by atoms with Crippen LogP contribution in [0.4, 0.5) is 10.1 Å². The summed E-state index contributed by atoms with van der Waals surface area (Å²) in [7, 11) is 4.60. The molecular weight excluding hydrogens is 325 g/mol. The van der Waals surface area contributed by atoms with Gasteiger partial charge in [-0.15, -0.1) is 0 Å². The van der Waals surface area contributed by atoms with Gasteiger partial charge in [-0.3, -0.25) is 4.79 Å². The third-order valence-corrected chi connectivity index (χ3v) is 3.94. The Bertz CT molecular complexity index is 923. The zero-order valence-corrected chi connectivity index (χ0v) is 14.2. The molecule has 0 N–H and O–H groups in total. The van der Waals surface area contributed by atoms with Gasteiger partial charge in [-0.1, -0.05) is 0 Å². The van der Waals surface area contributed by atoms with Crippen molar-refractivity contribution in [2.75, 3.05) is 26.2 Å². The summed E-state index contributed by atoms with van der Waals surface area (Å²) in [6, 6.07) is 6.04. The molecular formula is C18H18FN3O3. The van der Waals surface area contributed by atoms with E-state index in [9.17, 15) is 9.18 Å². The average Bonchev–Trinajstić information content (AvgIpc) is 3.10. The van der Waals surface area contributed by atoms with E-state index in [1.54, 1.807) is 43.2 Å². The first-order chi connectivity index (χ1) is 12.0. The van der Waals surface area contributed by atoms with E-state index in [0.29, 0.717) is 17.9 Å². The van der Waals surface area contributed by atoms with E-state index in [1.165, 1.54) is 30.2 Å². The van der Waals surface area contributed by atoms with Crippen LogP contribution in [0.5, 0.6) is 5.75 Å². The Hall–Kier alpha value is -2.93. The lowest BCUT2D eigenvalue weighted by atomic mass is 10.1. The van der Waals surface area contributed by atoms with Crippen LogP contribution in [0.3, 0.4) is 0 Å². The Morgan fingerprint density at radius 1 is 1.32 bits per heavy atom. The molecule has 0 spiro atoms. The zero-order chi connectivity index (χ0) is 18.0. The molecule has 0 saturated heterocycles. The molecule has 0 bridgehead atoms. The molecule has 0 radical (unpaired) electrons. The van der Waals surface area contributed by atoms with Gasteiger partial charge in [0, 0.05) is 50.1 Å². The number of benzene rings is 1. The molecule has 0 aliphatic heterocycles. The van der Waals surface area contributed by atoms with Crippen LogP contribution in [-0.4, -0.2) is 36.6 Å². The molecule has 25 heavy (non-hydrogen) atoms. The first-order valence-corrected chi connectivity index (χ1v) is 7.61. The Morgan fingerprint density at radius 2 is 2.12 bits per heavy atom. The number of carbonyl (C=O) groups is 1. The molecule has 1 aromatic carbocycles. The van der Waals surface area contributed by atoms with Gasteiger partial charge in [-0.05, 0) is 18.2 Å². The van der Waals surface area contributed by atoms with Crippen LogP contribution in [0.25, 0.3) is 5.65 Å². The van der Waals surface area contributed by atoms with Crippen molar-refractivity contribution >= 4 is 17.2 Å². The van der Waals surface area contributed by atoms with E-state index in [-0.39, 0.29) is 11.7 Å². The molecule has 3 aromatic rings. The topological polar surface area (TPSA) is 56.1 Å². The summed E-state index contributed by atoms with van der Waals surface area (Å²) in [5.41, 5.74) is 2.55. The van der Waals surface area contributed by atoms with Crippen LogP contribution in [0.1, 0.15) is 15.9 Å². The van der Waals surface area contributed by atoms with E-state index in [4.69, 9.17) is 9.47 Å².